The first kappa shape index (κ1) is 13.6. The summed E-state index contributed by atoms with van der Waals surface area (Å²) in [6.07, 6.45) is 1.30. The van der Waals surface area contributed by atoms with Gasteiger partial charge in [-0.3, -0.25) is 0 Å². The highest BCUT2D eigenvalue weighted by Gasteiger charge is 2.23. The summed E-state index contributed by atoms with van der Waals surface area (Å²) in [7, 11) is 0. The number of phenolic OH excluding ortho intramolecular Hbond substituents is 4. The molecule has 3 rings (SSSR count). The van der Waals surface area contributed by atoms with Gasteiger partial charge in [-0.25, -0.2) is 5.32 Å². The van der Waals surface area contributed by atoms with Gasteiger partial charge in [-0.05, 0) is 53.8 Å². The van der Waals surface area contributed by atoms with Gasteiger partial charge >= 0.3 is 0 Å². The number of nitrogens with zero attached hydrogens (tertiary/aromatic N) is 1. The molecule has 0 fully saturated rings. The molecule has 1 atom stereocenters. The molecule has 2 aromatic rings. The summed E-state index contributed by atoms with van der Waals surface area (Å²) < 4.78 is 0. The molecular formula is C16H16NO4. The van der Waals surface area contributed by atoms with Crippen molar-refractivity contribution in [3.8, 4) is 23.0 Å². The standard InChI is InChI=1S/C16H16NO4/c18-13-2-1-9(6-14(13)19)5-12-11-8-16(21)15(20)7-10(11)3-4-17-12/h1-2,6-8,12,18-21H,3-5H2. The zero-order valence-corrected chi connectivity index (χ0v) is 11.3. The van der Waals surface area contributed by atoms with Crippen LogP contribution in [-0.2, 0) is 12.8 Å². The lowest BCUT2D eigenvalue weighted by Gasteiger charge is -2.26. The predicted octanol–water partition coefficient (Wildman–Crippen LogP) is 1.95. The Morgan fingerprint density at radius 3 is 2.38 bits per heavy atom. The number of phenols is 4. The van der Waals surface area contributed by atoms with Gasteiger partial charge in [0.15, 0.2) is 23.0 Å². The van der Waals surface area contributed by atoms with Gasteiger partial charge in [0.1, 0.15) is 0 Å². The Bertz CT molecular complexity index is 684. The molecule has 1 heterocycles. The first-order chi connectivity index (χ1) is 10.0. The number of aromatic hydroxyl groups is 4. The van der Waals surface area contributed by atoms with E-state index in [1.54, 1.807) is 18.2 Å². The maximum absolute atomic E-state index is 9.67. The van der Waals surface area contributed by atoms with Crippen LogP contribution in [0.4, 0.5) is 0 Å². The topological polar surface area (TPSA) is 95.0 Å². The molecule has 1 aliphatic heterocycles. The van der Waals surface area contributed by atoms with Crippen LogP contribution in [0, 0.1) is 0 Å². The number of rotatable bonds is 2. The molecule has 0 bridgehead atoms. The van der Waals surface area contributed by atoms with Gasteiger partial charge in [0, 0.05) is 6.54 Å². The third kappa shape index (κ3) is 2.60. The van der Waals surface area contributed by atoms with E-state index in [0.717, 1.165) is 23.1 Å². The van der Waals surface area contributed by atoms with Crippen molar-refractivity contribution < 1.29 is 20.4 Å². The van der Waals surface area contributed by atoms with Crippen molar-refractivity contribution in [3.63, 3.8) is 0 Å². The normalized spacial score (nSPS) is 17.4. The molecule has 0 saturated carbocycles. The molecule has 0 amide bonds. The Labute approximate surface area is 122 Å². The van der Waals surface area contributed by atoms with Gasteiger partial charge in [-0.2, -0.15) is 0 Å². The molecule has 1 aliphatic rings. The molecule has 0 saturated heterocycles. The van der Waals surface area contributed by atoms with Crippen molar-refractivity contribution in [1.29, 1.82) is 0 Å². The van der Waals surface area contributed by atoms with E-state index < -0.39 is 0 Å². The molecule has 1 radical (unpaired) electrons. The third-order valence-electron chi connectivity index (χ3n) is 3.79. The molecule has 2 aromatic carbocycles. The van der Waals surface area contributed by atoms with Crippen LogP contribution in [0.3, 0.4) is 0 Å². The van der Waals surface area contributed by atoms with Crippen molar-refractivity contribution in [1.82, 2.24) is 5.32 Å². The molecule has 1 unspecified atom stereocenters. The highest BCUT2D eigenvalue weighted by molar-refractivity contribution is 5.48. The smallest absolute Gasteiger partial charge is 0.157 e. The first-order valence-corrected chi connectivity index (χ1v) is 6.77. The molecule has 0 aromatic heterocycles. The average Bonchev–Trinajstić information content (AvgIpc) is 2.45. The van der Waals surface area contributed by atoms with E-state index in [1.807, 2.05) is 0 Å². The average molecular weight is 286 g/mol. The Balaban J connectivity index is 1.91. The summed E-state index contributed by atoms with van der Waals surface area (Å²) >= 11 is 0. The zero-order chi connectivity index (χ0) is 15.0. The second kappa shape index (κ2) is 5.18. The summed E-state index contributed by atoms with van der Waals surface area (Å²) in [6, 6.07) is 7.70. The van der Waals surface area contributed by atoms with E-state index in [2.05, 4.69) is 5.32 Å². The maximum atomic E-state index is 9.67. The Morgan fingerprint density at radius 2 is 1.62 bits per heavy atom. The van der Waals surface area contributed by atoms with E-state index in [-0.39, 0.29) is 29.0 Å². The summed E-state index contributed by atoms with van der Waals surface area (Å²) in [5.41, 5.74) is 2.72. The van der Waals surface area contributed by atoms with Crippen molar-refractivity contribution in [3.05, 3.63) is 47.0 Å². The van der Waals surface area contributed by atoms with Crippen molar-refractivity contribution >= 4 is 0 Å². The minimum absolute atomic E-state index is 0.114. The lowest BCUT2D eigenvalue weighted by atomic mass is 9.90. The predicted molar refractivity (Wildman–Crippen MR) is 76.7 cm³/mol. The Hall–Kier alpha value is -2.40. The molecule has 5 nitrogen and oxygen atoms in total. The number of hydrogen-bond acceptors (Lipinski definition) is 4. The van der Waals surface area contributed by atoms with E-state index in [4.69, 9.17) is 0 Å². The Kier molecular flexibility index (Phi) is 3.35. The second-order valence-corrected chi connectivity index (χ2v) is 5.24. The van der Waals surface area contributed by atoms with Crippen LogP contribution in [0.15, 0.2) is 30.3 Å². The van der Waals surface area contributed by atoms with Gasteiger partial charge < -0.3 is 20.4 Å². The molecule has 109 valence electrons. The highest BCUT2D eigenvalue weighted by atomic mass is 16.3. The number of fused-ring (bicyclic) bond motifs is 1. The summed E-state index contributed by atoms with van der Waals surface area (Å²) in [6.45, 7) is 0.659. The number of hydrogen-bond donors (Lipinski definition) is 4. The van der Waals surface area contributed by atoms with Crippen LogP contribution >= 0.6 is 0 Å². The lowest BCUT2D eigenvalue weighted by Crippen LogP contribution is -2.25. The van der Waals surface area contributed by atoms with Crippen LogP contribution in [0.5, 0.6) is 23.0 Å². The van der Waals surface area contributed by atoms with Gasteiger partial charge in [-0.1, -0.05) is 6.07 Å². The van der Waals surface area contributed by atoms with E-state index >= 15 is 0 Å². The van der Waals surface area contributed by atoms with Gasteiger partial charge in [0.05, 0.1) is 6.04 Å². The van der Waals surface area contributed by atoms with E-state index in [9.17, 15) is 20.4 Å². The molecular weight excluding hydrogens is 270 g/mol. The Morgan fingerprint density at radius 1 is 0.905 bits per heavy atom. The van der Waals surface area contributed by atoms with Crippen LogP contribution in [-0.4, -0.2) is 27.0 Å². The van der Waals surface area contributed by atoms with E-state index in [1.165, 1.54) is 12.1 Å². The molecule has 0 spiro atoms. The monoisotopic (exact) mass is 286 g/mol. The molecule has 21 heavy (non-hydrogen) atoms. The maximum Gasteiger partial charge on any atom is 0.157 e. The fourth-order valence-electron chi connectivity index (χ4n) is 2.70. The van der Waals surface area contributed by atoms with Crippen LogP contribution in [0.2, 0.25) is 0 Å². The van der Waals surface area contributed by atoms with Crippen molar-refractivity contribution in [2.24, 2.45) is 0 Å². The van der Waals surface area contributed by atoms with Gasteiger partial charge in [-0.15, -0.1) is 0 Å². The fraction of sp³-hybridized carbons (Fsp3) is 0.250. The largest absolute Gasteiger partial charge is 0.504 e. The van der Waals surface area contributed by atoms with Crippen LogP contribution < -0.4 is 5.32 Å². The third-order valence-corrected chi connectivity index (χ3v) is 3.79. The minimum Gasteiger partial charge on any atom is -0.504 e. The van der Waals surface area contributed by atoms with Crippen molar-refractivity contribution in [2.75, 3.05) is 6.54 Å². The van der Waals surface area contributed by atoms with Crippen LogP contribution in [0.1, 0.15) is 22.7 Å². The van der Waals surface area contributed by atoms with E-state index in [0.29, 0.717) is 13.0 Å². The van der Waals surface area contributed by atoms with Crippen molar-refractivity contribution in [2.45, 2.75) is 18.9 Å². The summed E-state index contributed by atoms with van der Waals surface area (Å²) in [5.74, 6) is -0.569. The number of benzene rings is 2. The fourth-order valence-corrected chi connectivity index (χ4v) is 2.70. The molecule has 0 aliphatic carbocycles. The van der Waals surface area contributed by atoms with Gasteiger partial charge in [0.2, 0.25) is 0 Å². The first-order valence-electron chi connectivity index (χ1n) is 6.77. The summed E-state index contributed by atoms with van der Waals surface area (Å²) in [5, 5.41) is 42.7. The molecule has 5 heteroatoms. The molecule has 4 N–H and O–H groups in total. The zero-order valence-electron chi connectivity index (χ0n) is 11.3. The van der Waals surface area contributed by atoms with Crippen LogP contribution in [0.25, 0.3) is 0 Å². The quantitative estimate of drug-likeness (QED) is 0.635. The highest BCUT2D eigenvalue weighted by Crippen LogP contribution is 2.36. The summed E-state index contributed by atoms with van der Waals surface area (Å²) in [4.78, 5) is 0. The SMILES string of the molecule is Oc1ccc(CC2[N]CCc3cc(O)c(O)cc32)cc1O. The lowest BCUT2D eigenvalue weighted by molar-refractivity contribution is 0.397. The minimum atomic E-state index is -0.155. The van der Waals surface area contributed by atoms with Gasteiger partial charge in [0.25, 0.3) is 0 Å². The second-order valence-electron chi connectivity index (χ2n) is 5.24.